The Hall–Kier alpha value is -1.65. The Bertz CT molecular complexity index is 393. The van der Waals surface area contributed by atoms with Gasteiger partial charge in [-0.25, -0.2) is 4.39 Å². The van der Waals surface area contributed by atoms with Crippen LogP contribution in [0.25, 0.3) is 0 Å². The van der Waals surface area contributed by atoms with Gasteiger partial charge in [-0.2, -0.15) is 0 Å². The number of hydrogen-bond acceptors (Lipinski definition) is 3. The smallest absolute Gasteiger partial charge is 0.292 e. The van der Waals surface area contributed by atoms with Crippen molar-refractivity contribution in [3.8, 4) is 0 Å². The van der Waals surface area contributed by atoms with Gasteiger partial charge in [-0.15, -0.1) is 0 Å². The highest BCUT2D eigenvalue weighted by molar-refractivity contribution is 5.67. The van der Waals surface area contributed by atoms with Crippen LogP contribution in [0, 0.1) is 15.9 Å². The zero-order chi connectivity index (χ0) is 10.1. The molecule has 0 saturated heterocycles. The normalized spacial score (nSPS) is 14.4. The predicted octanol–water partition coefficient (Wildman–Crippen LogP) is 2.09. The fourth-order valence-corrected chi connectivity index (χ4v) is 1.68. The molecule has 0 aromatic heterocycles. The number of nitro benzene ring substituents is 1. The first-order valence-corrected chi connectivity index (χ1v) is 4.40. The Labute approximate surface area is 79.9 Å². The van der Waals surface area contributed by atoms with Crippen LogP contribution in [0.5, 0.6) is 0 Å². The number of nitrogens with one attached hydrogen (secondary N) is 1. The lowest BCUT2D eigenvalue weighted by atomic mass is 10.0. The fraction of sp³-hybridized carbons (Fsp3) is 0.333. The molecule has 0 radical (unpaired) electrons. The number of fused-ring (bicyclic) bond motifs is 1. The molecule has 4 nitrogen and oxygen atoms in total. The van der Waals surface area contributed by atoms with Gasteiger partial charge in [0.05, 0.1) is 4.92 Å². The van der Waals surface area contributed by atoms with Gasteiger partial charge in [0.1, 0.15) is 11.5 Å². The van der Waals surface area contributed by atoms with Crippen LogP contribution in [0.15, 0.2) is 12.1 Å². The van der Waals surface area contributed by atoms with Crippen molar-refractivity contribution in [3.05, 3.63) is 33.6 Å². The van der Waals surface area contributed by atoms with Gasteiger partial charge in [0, 0.05) is 18.2 Å². The van der Waals surface area contributed by atoms with E-state index in [0.717, 1.165) is 12.5 Å². The molecule has 0 unspecified atom stereocenters. The third-order valence-electron chi connectivity index (χ3n) is 2.34. The van der Waals surface area contributed by atoms with Gasteiger partial charge in [0.15, 0.2) is 0 Å². The van der Waals surface area contributed by atoms with Crippen LogP contribution in [-0.2, 0) is 6.42 Å². The van der Waals surface area contributed by atoms with Crippen LogP contribution < -0.4 is 5.32 Å². The Morgan fingerprint density at radius 1 is 1.50 bits per heavy atom. The summed E-state index contributed by atoms with van der Waals surface area (Å²) in [5.41, 5.74) is 0.743. The molecule has 1 aliphatic rings. The van der Waals surface area contributed by atoms with Crippen LogP contribution in [0.3, 0.4) is 0 Å². The van der Waals surface area contributed by atoms with Crippen LogP contribution >= 0.6 is 0 Å². The van der Waals surface area contributed by atoms with Crippen molar-refractivity contribution >= 4 is 11.4 Å². The Morgan fingerprint density at radius 2 is 2.29 bits per heavy atom. The minimum atomic E-state index is -0.489. The first-order chi connectivity index (χ1) is 6.70. The maximum atomic E-state index is 13.3. The number of hydrogen-bond donors (Lipinski definition) is 1. The molecule has 1 aromatic carbocycles. The molecule has 0 atom stereocenters. The molecule has 14 heavy (non-hydrogen) atoms. The lowest BCUT2D eigenvalue weighted by Crippen LogP contribution is -2.14. The molecule has 0 amide bonds. The van der Waals surface area contributed by atoms with Crippen LogP contribution in [0.2, 0.25) is 0 Å². The van der Waals surface area contributed by atoms with Gasteiger partial charge in [-0.1, -0.05) is 0 Å². The van der Waals surface area contributed by atoms with Gasteiger partial charge in [0.25, 0.3) is 5.69 Å². The van der Waals surface area contributed by atoms with Gasteiger partial charge in [0.2, 0.25) is 0 Å². The molecular weight excluding hydrogens is 187 g/mol. The molecule has 5 heteroatoms. The van der Waals surface area contributed by atoms with Crippen molar-refractivity contribution in [1.29, 1.82) is 0 Å². The second-order valence-corrected chi connectivity index (χ2v) is 3.21. The van der Waals surface area contributed by atoms with E-state index in [-0.39, 0.29) is 11.5 Å². The molecule has 1 heterocycles. The number of nitrogens with zero attached hydrogens (tertiary/aromatic N) is 1. The van der Waals surface area contributed by atoms with Crippen molar-refractivity contribution in [1.82, 2.24) is 0 Å². The van der Waals surface area contributed by atoms with Crippen molar-refractivity contribution in [3.63, 3.8) is 0 Å². The van der Waals surface area contributed by atoms with Gasteiger partial charge in [-0.05, 0) is 18.9 Å². The molecule has 0 spiro atoms. The number of nitro groups is 1. The average Bonchev–Trinajstić information content (AvgIpc) is 2.18. The van der Waals surface area contributed by atoms with E-state index >= 15 is 0 Å². The predicted molar refractivity (Wildman–Crippen MR) is 49.9 cm³/mol. The van der Waals surface area contributed by atoms with E-state index < -0.39 is 4.92 Å². The number of halogens is 1. The minimum absolute atomic E-state index is 0.0406. The van der Waals surface area contributed by atoms with E-state index in [1.165, 1.54) is 6.07 Å². The van der Waals surface area contributed by atoms with E-state index in [2.05, 4.69) is 5.32 Å². The molecule has 0 fully saturated rings. The Morgan fingerprint density at radius 3 is 3.00 bits per heavy atom. The number of benzene rings is 1. The summed E-state index contributed by atoms with van der Waals surface area (Å²) in [6, 6.07) is 2.36. The monoisotopic (exact) mass is 196 g/mol. The molecule has 1 aliphatic heterocycles. The second kappa shape index (κ2) is 3.25. The molecule has 1 N–H and O–H groups in total. The van der Waals surface area contributed by atoms with E-state index in [4.69, 9.17) is 0 Å². The third kappa shape index (κ3) is 1.30. The average molecular weight is 196 g/mol. The summed E-state index contributed by atoms with van der Waals surface area (Å²) < 4.78 is 13.3. The maximum absolute atomic E-state index is 13.3. The van der Waals surface area contributed by atoms with Crippen LogP contribution in [-0.4, -0.2) is 11.5 Å². The largest absolute Gasteiger partial charge is 0.379 e. The highest BCUT2D eigenvalue weighted by atomic mass is 19.1. The zero-order valence-electron chi connectivity index (χ0n) is 7.42. The van der Waals surface area contributed by atoms with Gasteiger partial charge >= 0.3 is 0 Å². The molecule has 1 aromatic rings. The highest BCUT2D eigenvalue weighted by Gasteiger charge is 2.22. The maximum Gasteiger partial charge on any atom is 0.292 e. The number of anilines is 1. The Kier molecular flexibility index (Phi) is 2.07. The van der Waals surface area contributed by atoms with Crippen molar-refractivity contribution in [2.75, 3.05) is 11.9 Å². The fourth-order valence-electron chi connectivity index (χ4n) is 1.68. The first kappa shape index (κ1) is 8.93. The summed E-state index contributed by atoms with van der Waals surface area (Å²) in [6.45, 7) is 0.664. The molecule has 0 aliphatic carbocycles. The molecule has 2 rings (SSSR count). The first-order valence-electron chi connectivity index (χ1n) is 4.40. The second-order valence-electron chi connectivity index (χ2n) is 3.21. The van der Waals surface area contributed by atoms with Crippen LogP contribution in [0.4, 0.5) is 15.8 Å². The topological polar surface area (TPSA) is 55.2 Å². The SMILES string of the molecule is O=[N+]([O-])c1ccc(F)c2c1NCCC2. The third-order valence-corrected chi connectivity index (χ3v) is 2.34. The van der Waals surface area contributed by atoms with E-state index in [1.807, 2.05) is 0 Å². The summed E-state index contributed by atoms with van der Waals surface area (Å²) in [7, 11) is 0. The summed E-state index contributed by atoms with van der Waals surface area (Å²) in [5.74, 6) is -0.363. The summed E-state index contributed by atoms with van der Waals surface area (Å²) >= 11 is 0. The quantitative estimate of drug-likeness (QED) is 0.552. The zero-order valence-corrected chi connectivity index (χ0v) is 7.42. The lowest BCUT2D eigenvalue weighted by Gasteiger charge is -2.17. The summed E-state index contributed by atoms with van der Waals surface area (Å²) in [5, 5.41) is 13.5. The standard InChI is InChI=1S/C9H9FN2O2/c10-7-3-4-8(12(13)14)9-6(7)2-1-5-11-9/h3-4,11H,1-2,5H2. The minimum Gasteiger partial charge on any atom is -0.379 e. The van der Waals surface area contributed by atoms with E-state index in [9.17, 15) is 14.5 Å². The van der Waals surface area contributed by atoms with E-state index in [1.54, 1.807) is 0 Å². The van der Waals surface area contributed by atoms with E-state index in [0.29, 0.717) is 24.2 Å². The van der Waals surface area contributed by atoms with Gasteiger partial charge in [-0.3, -0.25) is 10.1 Å². The van der Waals surface area contributed by atoms with Gasteiger partial charge < -0.3 is 5.32 Å². The highest BCUT2D eigenvalue weighted by Crippen LogP contribution is 2.33. The summed E-state index contributed by atoms with van der Waals surface area (Å²) in [6.07, 6.45) is 1.38. The van der Waals surface area contributed by atoms with Crippen molar-refractivity contribution in [2.24, 2.45) is 0 Å². The van der Waals surface area contributed by atoms with Crippen molar-refractivity contribution < 1.29 is 9.31 Å². The molecule has 74 valence electrons. The number of rotatable bonds is 1. The molecule has 0 bridgehead atoms. The van der Waals surface area contributed by atoms with Crippen molar-refractivity contribution in [2.45, 2.75) is 12.8 Å². The van der Waals surface area contributed by atoms with Crippen LogP contribution in [0.1, 0.15) is 12.0 Å². The lowest BCUT2D eigenvalue weighted by molar-refractivity contribution is -0.384. The Balaban J connectivity index is 2.59. The molecule has 0 saturated carbocycles. The summed E-state index contributed by atoms with van der Waals surface area (Å²) in [4.78, 5) is 10.1. The molecular formula is C9H9FN2O2.